The van der Waals surface area contributed by atoms with Crippen molar-refractivity contribution in [2.24, 2.45) is 0 Å². The summed E-state index contributed by atoms with van der Waals surface area (Å²) in [6.45, 7) is 4.44. The number of ether oxygens (including phenoxy) is 1. The summed E-state index contributed by atoms with van der Waals surface area (Å²) in [4.78, 5) is 7.03. The van der Waals surface area contributed by atoms with Crippen molar-refractivity contribution in [2.45, 2.75) is 19.8 Å². The molecule has 94 valence electrons. The van der Waals surface area contributed by atoms with E-state index in [-0.39, 0.29) is 0 Å². The second-order valence-electron chi connectivity index (χ2n) is 4.71. The number of aryl methyl sites for hydroxylation is 1. The van der Waals surface area contributed by atoms with Crippen LogP contribution in [0.5, 0.6) is 5.75 Å². The predicted molar refractivity (Wildman–Crippen MR) is 74.5 cm³/mol. The second kappa shape index (κ2) is 4.48. The molecule has 0 atom stereocenters. The Bertz CT molecular complexity index is 576. The quantitative estimate of drug-likeness (QED) is 0.827. The van der Waals surface area contributed by atoms with E-state index in [0.29, 0.717) is 0 Å². The lowest BCUT2D eigenvalue weighted by Gasteiger charge is -2.33. The fourth-order valence-corrected chi connectivity index (χ4v) is 2.36. The molecule has 0 bridgehead atoms. The van der Waals surface area contributed by atoms with Gasteiger partial charge in [-0.05, 0) is 31.0 Å². The second-order valence-corrected chi connectivity index (χ2v) is 4.71. The van der Waals surface area contributed by atoms with Gasteiger partial charge in [0.2, 0.25) is 0 Å². The van der Waals surface area contributed by atoms with Gasteiger partial charge in [-0.2, -0.15) is 0 Å². The third-order valence-corrected chi connectivity index (χ3v) is 3.61. The molecule has 3 nitrogen and oxygen atoms in total. The van der Waals surface area contributed by atoms with Crippen molar-refractivity contribution in [3.05, 3.63) is 30.0 Å². The molecule has 0 unspecified atom stereocenters. The number of nitrogens with zero attached hydrogens (tertiary/aromatic N) is 2. The molecule has 0 amide bonds. The first kappa shape index (κ1) is 11.3. The first-order chi connectivity index (χ1) is 8.81. The normalized spacial score (nSPS) is 14.7. The number of aromatic nitrogens is 1. The van der Waals surface area contributed by atoms with E-state index in [1.165, 1.54) is 12.1 Å². The van der Waals surface area contributed by atoms with E-state index in [1.54, 1.807) is 7.11 Å². The first-order valence-corrected chi connectivity index (χ1v) is 6.54. The summed E-state index contributed by atoms with van der Waals surface area (Å²) >= 11 is 0. The number of hydrogen-bond donors (Lipinski definition) is 0. The fraction of sp³-hybridized carbons (Fsp3) is 0.400. The topological polar surface area (TPSA) is 25.4 Å². The number of pyridine rings is 1. The van der Waals surface area contributed by atoms with E-state index in [0.717, 1.165) is 41.9 Å². The highest BCUT2D eigenvalue weighted by atomic mass is 16.5. The molecule has 2 aromatic rings. The molecule has 0 saturated carbocycles. The van der Waals surface area contributed by atoms with Crippen LogP contribution >= 0.6 is 0 Å². The van der Waals surface area contributed by atoms with E-state index < -0.39 is 0 Å². The molecule has 0 N–H and O–H groups in total. The van der Waals surface area contributed by atoms with Gasteiger partial charge in [0.1, 0.15) is 5.75 Å². The van der Waals surface area contributed by atoms with Crippen molar-refractivity contribution in [1.82, 2.24) is 4.98 Å². The third kappa shape index (κ3) is 1.80. The molecule has 2 heterocycles. The zero-order valence-electron chi connectivity index (χ0n) is 10.9. The smallest absolute Gasteiger partial charge is 0.130 e. The highest BCUT2D eigenvalue weighted by Crippen LogP contribution is 2.31. The molecule has 1 saturated heterocycles. The largest absolute Gasteiger partial charge is 0.496 e. The Morgan fingerprint density at radius 3 is 2.72 bits per heavy atom. The number of rotatable bonds is 3. The van der Waals surface area contributed by atoms with Crippen molar-refractivity contribution in [1.29, 1.82) is 0 Å². The van der Waals surface area contributed by atoms with Gasteiger partial charge in [-0.1, -0.05) is 6.92 Å². The summed E-state index contributed by atoms with van der Waals surface area (Å²) in [7, 11) is 1.73. The number of hydrogen-bond acceptors (Lipinski definition) is 3. The van der Waals surface area contributed by atoms with Crippen LogP contribution in [0.4, 0.5) is 5.69 Å². The lowest BCUT2D eigenvalue weighted by Crippen LogP contribution is -2.36. The molecule has 1 aromatic carbocycles. The summed E-state index contributed by atoms with van der Waals surface area (Å²) in [5.74, 6) is 0.930. The van der Waals surface area contributed by atoms with E-state index in [4.69, 9.17) is 4.74 Å². The first-order valence-electron chi connectivity index (χ1n) is 6.54. The standard InChI is InChI=1S/C15H18N2O/c1-3-11-9-15(18-2)13-10-12(17-7-4-8-17)5-6-14(13)16-11/h5-6,9-10H,3-4,7-8H2,1-2H3. The highest BCUT2D eigenvalue weighted by molar-refractivity contribution is 5.88. The molecule has 1 aliphatic heterocycles. The minimum absolute atomic E-state index is 0.930. The van der Waals surface area contributed by atoms with E-state index in [2.05, 4.69) is 35.0 Å². The summed E-state index contributed by atoms with van der Waals surface area (Å²) in [5.41, 5.74) is 3.38. The van der Waals surface area contributed by atoms with Crippen molar-refractivity contribution in [2.75, 3.05) is 25.1 Å². The van der Waals surface area contributed by atoms with E-state index >= 15 is 0 Å². The van der Waals surface area contributed by atoms with E-state index in [1.807, 2.05) is 6.07 Å². The number of fused-ring (bicyclic) bond motifs is 1. The maximum Gasteiger partial charge on any atom is 0.130 e. The Balaban J connectivity index is 2.13. The Hall–Kier alpha value is -1.77. The summed E-state index contributed by atoms with van der Waals surface area (Å²) < 4.78 is 5.50. The van der Waals surface area contributed by atoms with Crippen LogP contribution in [-0.2, 0) is 6.42 Å². The molecular weight excluding hydrogens is 224 g/mol. The summed E-state index contributed by atoms with van der Waals surface area (Å²) in [6.07, 6.45) is 2.22. The fourth-order valence-electron chi connectivity index (χ4n) is 2.36. The van der Waals surface area contributed by atoms with Gasteiger partial charge in [0.15, 0.2) is 0 Å². The molecule has 3 rings (SSSR count). The zero-order valence-corrected chi connectivity index (χ0v) is 10.9. The lowest BCUT2D eigenvalue weighted by atomic mass is 10.1. The SMILES string of the molecule is CCc1cc(OC)c2cc(N3CCC3)ccc2n1. The van der Waals surface area contributed by atoms with Gasteiger partial charge >= 0.3 is 0 Å². The van der Waals surface area contributed by atoms with Gasteiger partial charge in [0, 0.05) is 35.9 Å². The predicted octanol–water partition coefficient (Wildman–Crippen LogP) is 3.02. The molecule has 3 heteroatoms. The molecular formula is C15H18N2O. The van der Waals surface area contributed by atoms with E-state index in [9.17, 15) is 0 Å². The lowest BCUT2D eigenvalue weighted by molar-refractivity contribution is 0.419. The average molecular weight is 242 g/mol. The Morgan fingerprint density at radius 2 is 2.11 bits per heavy atom. The summed E-state index contributed by atoms with van der Waals surface area (Å²) in [5, 5.41) is 1.11. The highest BCUT2D eigenvalue weighted by Gasteiger charge is 2.15. The van der Waals surface area contributed by atoms with Crippen LogP contribution in [0.2, 0.25) is 0 Å². The Kier molecular flexibility index (Phi) is 2.82. The van der Waals surface area contributed by atoms with Gasteiger partial charge in [0.25, 0.3) is 0 Å². The average Bonchev–Trinajstić information content (AvgIpc) is 2.35. The van der Waals surface area contributed by atoms with Crippen molar-refractivity contribution >= 4 is 16.6 Å². The minimum atomic E-state index is 0.930. The molecule has 0 spiro atoms. The Labute approximate surface area is 107 Å². The maximum absolute atomic E-state index is 5.50. The summed E-state index contributed by atoms with van der Waals surface area (Å²) in [6, 6.07) is 8.50. The monoisotopic (exact) mass is 242 g/mol. The number of benzene rings is 1. The van der Waals surface area contributed by atoms with Crippen molar-refractivity contribution < 1.29 is 4.74 Å². The van der Waals surface area contributed by atoms with Gasteiger partial charge < -0.3 is 9.64 Å². The van der Waals surface area contributed by atoms with Crippen LogP contribution in [-0.4, -0.2) is 25.2 Å². The maximum atomic E-state index is 5.50. The van der Waals surface area contributed by atoms with Crippen LogP contribution < -0.4 is 9.64 Å². The molecule has 1 aliphatic rings. The van der Waals surface area contributed by atoms with Crippen LogP contribution in [0, 0.1) is 0 Å². The van der Waals surface area contributed by atoms with Crippen LogP contribution in [0.3, 0.4) is 0 Å². The van der Waals surface area contributed by atoms with Crippen molar-refractivity contribution in [3.8, 4) is 5.75 Å². The minimum Gasteiger partial charge on any atom is -0.496 e. The zero-order chi connectivity index (χ0) is 12.5. The molecule has 18 heavy (non-hydrogen) atoms. The van der Waals surface area contributed by atoms with Crippen LogP contribution in [0.15, 0.2) is 24.3 Å². The van der Waals surface area contributed by atoms with Crippen LogP contribution in [0.1, 0.15) is 19.0 Å². The van der Waals surface area contributed by atoms with Crippen molar-refractivity contribution in [3.63, 3.8) is 0 Å². The number of methoxy groups -OCH3 is 1. The van der Waals surface area contributed by atoms with Gasteiger partial charge in [-0.3, -0.25) is 4.98 Å². The molecule has 1 aromatic heterocycles. The van der Waals surface area contributed by atoms with Gasteiger partial charge in [-0.25, -0.2) is 0 Å². The molecule has 0 radical (unpaired) electrons. The molecule has 0 aliphatic carbocycles. The Morgan fingerprint density at radius 1 is 1.28 bits per heavy atom. The molecule has 1 fully saturated rings. The van der Waals surface area contributed by atoms with Gasteiger partial charge in [-0.15, -0.1) is 0 Å². The van der Waals surface area contributed by atoms with Crippen LogP contribution in [0.25, 0.3) is 10.9 Å². The third-order valence-electron chi connectivity index (χ3n) is 3.61. The number of anilines is 1. The van der Waals surface area contributed by atoms with Gasteiger partial charge in [0.05, 0.1) is 12.6 Å².